The number of benzene rings is 1. The summed E-state index contributed by atoms with van der Waals surface area (Å²) >= 11 is 0. The minimum Gasteiger partial charge on any atom is -0.482 e. The number of nitrogens with one attached hydrogen (secondary N) is 1. The molecule has 21 heavy (non-hydrogen) atoms. The summed E-state index contributed by atoms with van der Waals surface area (Å²) in [5.74, 6) is 0.742. The molecule has 5 nitrogen and oxygen atoms in total. The maximum absolute atomic E-state index is 12.0. The fourth-order valence-electron chi connectivity index (χ4n) is 2.31. The monoisotopic (exact) mass is 286 g/mol. The predicted octanol–water partition coefficient (Wildman–Crippen LogP) is 2.34. The number of nitrogens with zero attached hydrogens (tertiary/aromatic N) is 1. The van der Waals surface area contributed by atoms with E-state index >= 15 is 0 Å². The zero-order valence-electron chi connectivity index (χ0n) is 12.0. The number of amides is 2. The standard InChI is InChI=1S/C16H18N2O3/c1-10(2)8-18-13-7-12(17-16(20)11-3-4-11)5-6-14(13)21-9-15(18)19/h5-7,11H,1,3-4,8-9H2,2H3,(H,17,20). The van der Waals surface area contributed by atoms with Crippen LogP contribution in [0.2, 0.25) is 0 Å². The average Bonchev–Trinajstić information content (AvgIpc) is 3.26. The Morgan fingerprint density at radius 3 is 2.90 bits per heavy atom. The summed E-state index contributed by atoms with van der Waals surface area (Å²) in [5.41, 5.74) is 2.27. The first-order chi connectivity index (χ1) is 10.0. The molecule has 0 aromatic heterocycles. The highest BCUT2D eigenvalue weighted by molar-refractivity contribution is 6.00. The molecule has 1 heterocycles. The van der Waals surface area contributed by atoms with Crippen molar-refractivity contribution in [2.75, 3.05) is 23.4 Å². The predicted molar refractivity (Wildman–Crippen MR) is 80.5 cm³/mol. The van der Waals surface area contributed by atoms with E-state index in [0.717, 1.165) is 18.4 Å². The van der Waals surface area contributed by atoms with Gasteiger partial charge in [-0.05, 0) is 38.0 Å². The van der Waals surface area contributed by atoms with E-state index in [-0.39, 0.29) is 24.3 Å². The molecule has 5 heteroatoms. The van der Waals surface area contributed by atoms with Crippen LogP contribution in [0, 0.1) is 5.92 Å². The number of carbonyl (C=O) groups excluding carboxylic acids is 2. The highest BCUT2D eigenvalue weighted by Gasteiger charge is 2.30. The molecule has 1 saturated carbocycles. The maximum atomic E-state index is 12.0. The van der Waals surface area contributed by atoms with E-state index in [9.17, 15) is 9.59 Å². The molecule has 2 aliphatic rings. The third kappa shape index (κ3) is 2.91. The van der Waals surface area contributed by atoms with Crippen LogP contribution in [0.25, 0.3) is 0 Å². The van der Waals surface area contributed by atoms with Gasteiger partial charge in [-0.3, -0.25) is 9.59 Å². The molecule has 0 saturated heterocycles. The van der Waals surface area contributed by atoms with Crippen LogP contribution in [-0.4, -0.2) is 25.0 Å². The molecule has 1 aromatic rings. The SMILES string of the molecule is C=C(C)CN1C(=O)COc2ccc(NC(=O)C3CC3)cc21. The molecule has 0 radical (unpaired) electrons. The third-order valence-corrected chi connectivity index (χ3v) is 3.55. The zero-order valence-corrected chi connectivity index (χ0v) is 12.0. The second-order valence-corrected chi connectivity index (χ2v) is 5.67. The van der Waals surface area contributed by atoms with Crippen molar-refractivity contribution < 1.29 is 14.3 Å². The summed E-state index contributed by atoms with van der Waals surface area (Å²) < 4.78 is 5.43. The highest BCUT2D eigenvalue weighted by atomic mass is 16.5. The molecule has 1 aliphatic heterocycles. The Bertz CT molecular complexity index is 620. The lowest BCUT2D eigenvalue weighted by Gasteiger charge is -2.30. The van der Waals surface area contributed by atoms with Crippen molar-refractivity contribution in [3.63, 3.8) is 0 Å². The molecule has 0 atom stereocenters. The van der Waals surface area contributed by atoms with Gasteiger partial charge < -0.3 is 15.0 Å². The van der Waals surface area contributed by atoms with E-state index in [0.29, 0.717) is 23.7 Å². The molecule has 0 spiro atoms. The van der Waals surface area contributed by atoms with E-state index < -0.39 is 0 Å². The highest BCUT2D eigenvalue weighted by Crippen LogP contribution is 2.36. The number of hydrogen-bond donors (Lipinski definition) is 1. The van der Waals surface area contributed by atoms with Gasteiger partial charge in [0.15, 0.2) is 6.61 Å². The summed E-state index contributed by atoms with van der Waals surface area (Å²) in [5, 5.41) is 2.89. The van der Waals surface area contributed by atoms with Gasteiger partial charge in [0.2, 0.25) is 5.91 Å². The number of rotatable bonds is 4. The van der Waals surface area contributed by atoms with Gasteiger partial charge in [-0.25, -0.2) is 0 Å². The Balaban J connectivity index is 1.86. The molecule has 3 rings (SSSR count). The van der Waals surface area contributed by atoms with Crippen LogP contribution in [0.4, 0.5) is 11.4 Å². The lowest BCUT2D eigenvalue weighted by atomic mass is 10.2. The molecular formula is C16H18N2O3. The second-order valence-electron chi connectivity index (χ2n) is 5.67. The second kappa shape index (κ2) is 5.24. The first-order valence-electron chi connectivity index (χ1n) is 7.07. The lowest BCUT2D eigenvalue weighted by molar-refractivity contribution is -0.121. The number of ether oxygens (including phenoxy) is 1. The van der Waals surface area contributed by atoms with Crippen LogP contribution >= 0.6 is 0 Å². The van der Waals surface area contributed by atoms with E-state index in [1.807, 2.05) is 6.92 Å². The number of carbonyl (C=O) groups is 2. The minimum atomic E-state index is -0.101. The Hall–Kier alpha value is -2.30. The summed E-state index contributed by atoms with van der Waals surface area (Å²) in [6.07, 6.45) is 1.92. The van der Waals surface area contributed by atoms with E-state index in [1.54, 1.807) is 23.1 Å². The Labute approximate surface area is 123 Å². The summed E-state index contributed by atoms with van der Waals surface area (Å²) in [4.78, 5) is 25.5. The number of fused-ring (bicyclic) bond motifs is 1. The molecule has 1 fully saturated rings. The van der Waals surface area contributed by atoms with Gasteiger partial charge in [0.1, 0.15) is 5.75 Å². The Kier molecular flexibility index (Phi) is 3.41. The van der Waals surface area contributed by atoms with Crippen LogP contribution in [0.15, 0.2) is 30.4 Å². The topological polar surface area (TPSA) is 58.6 Å². The molecule has 1 aliphatic carbocycles. The molecule has 0 bridgehead atoms. The maximum Gasteiger partial charge on any atom is 0.265 e. The van der Waals surface area contributed by atoms with Crippen LogP contribution in [0.1, 0.15) is 19.8 Å². The quantitative estimate of drug-likeness (QED) is 0.864. The Morgan fingerprint density at radius 2 is 2.24 bits per heavy atom. The summed E-state index contributed by atoms with van der Waals surface area (Å²) in [7, 11) is 0. The van der Waals surface area contributed by atoms with Crippen LogP contribution in [0.3, 0.4) is 0 Å². The molecule has 110 valence electrons. The van der Waals surface area contributed by atoms with Crippen molar-refractivity contribution >= 4 is 23.2 Å². The smallest absolute Gasteiger partial charge is 0.265 e. The Morgan fingerprint density at radius 1 is 1.48 bits per heavy atom. The van der Waals surface area contributed by atoms with Gasteiger partial charge >= 0.3 is 0 Å². The van der Waals surface area contributed by atoms with Gasteiger partial charge in [0, 0.05) is 18.2 Å². The van der Waals surface area contributed by atoms with Crippen molar-refractivity contribution in [2.45, 2.75) is 19.8 Å². The van der Waals surface area contributed by atoms with Crippen molar-refractivity contribution in [3.8, 4) is 5.75 Å². The van der Waals surface area contributed by atoms with E-state index in [2.05, 4.69) is 11.9 Å². The summed E-state index contributed by atoms with van der Waals surface area (Å²) in [6.45, 7) is 6.22. The van der Waals surface area contributed by atoms with Crippen molar-refractivity contribution in [3.05, 3.63) is 30.4 Å². The van der Waals surface area contributed by atoms with Gasteiger partial charge in [0.05, 0.1) is 5.69 Å². The first-order valence-corrected chi connectivity index (χ1v) is 7.07. The lowest BCUT2D eigenvalue weighted by Crippen LogP contribution is -2.39. The first kappa shape index (κ1) is 13.7. The fourth-order valence-corrected chi connectivity index (χ4v) is 2.31. The van der Waals surface area contributed by atoms with Gasteiger partial charge in [-0.15, -0.1) is 0 Å². The number of hydrogen-bond acceptors (Lipinski definition) is 3. The largest absolute Gasteiger partial charge is 0.482 e. The molecule has 2 amide bonds. The van der Waals surface area contributed by atoms with Gasteiger partial charge in [-0.1, -0.05) is 12.2 Å². The van der Waals surface area contributed by atoms with Gasteiger partial charge in [-0.2, -0.15) is 0 Å². The normalized spacial score (nSPS) is 17.0. The molecule has 1 aromatic carbocycles. The average molecular weight is 286 g/mol. The van der Waals surface area contributed by atoms with E-state index in [4.69, 9.17) is 4.74 Å². The fraction of sp³-hybridized carbons (Fsp3) is 0.375. The van der Waals surface area contributed by atoms with Crippen LogP contribution in [0.5, 0.6) is 5.75 Å². The third-order valence-electron chi connectivity index (χ3n) is 3.55. The molecule has 1 N–H and O–H groups in total. The van der Waals surface area contributed by atoms with Crippen LogP contribution < -0.4 is 15.0 Å². The summed E-state index contributed by atoms with van der Waals surface area (Å²) in [6, 6.07) is 5.37. The van der Waals surface area contributed by atoms with Crippen molar-refractivity contribution in [2.24, 2.45) is 5.92 Å². The van der Waals surface area contributed by atoms with Crippen LogP contribution in [-0.2, 0) is 9.59 Å². The van der Waals surface area contributed by atoms with Crippen molar-refractivity contribution in [1.82, 2.24) is 0 Å². The zero-order chi connectivity index (χ0) is 15.0. The number of anilines is 2. The van der Waals surface area contributed by atoms with Gasteiger partial charge in [0.25, 0.3) is 5.91 Å². The molecular weight excluding hydrogens is 268 g/mol. The molecule has 0 unspecified atom stereocenters. The minimum absolute atomic E-state index is 0.0358. The van der Waals surface area contributed by atoms with Crippen molar-refractivity contribution in [1.29, 1.82) is 0 Å². The van der Waals surface area contributed by atoms with E-state index in [1.165, 1.54) is 0 Å².